The van der Waals surface area contributed by atoms with Gasteiger partial charge in [-0.05, 0) is 38.0 Å². The van der Waals surface area contributed by atoms with Crippen LogP contribution in [0.15, 0.2) is 35.3 Å². The van der Waals surface area contributed by atoms with Gasteiger partial charge in [-0.1, -0.05) is 6.07 Å². The molecule has 1 aromatic heterocycles. The zero-order valence-corrected chi connectivity index (χ0v) is 14.5. The van der Waals surface area contributed by atoms with Gasteiger partial charge in [0.25, 0.3) is 11.5 Å². The van der Waals surface area contributed by atoms with Crippen LogP contribution in [-0.4, -0.2) is 40.3 Å². The number of nitrogens with zero attached hydrogens (tertiary/aromatic N) is 3. The SMILES string of the molecule is CCOc1cnn(C)c(=O)c1Nc1cccc(C(=O)N2CCCC2)c1. The molecular weight excluding hydrogens is 320 g/mol. The van der Waals surface area contributed by atoms with Gasteiger partial charge in [-0.25, -0.2) is 4.68 Å². The standard InChI is InChI=1S/C18H22N4O3/c1-3-25-15-12-19-21(2)18(24)16(15)20-14-8-6-7-13(11-14)17(23)22-9-4-5-10-22/h6-8,11-12,20H,3-5,9-10H2,1-2H3. The molecule has 1 amide bonds. The Morgan fingerprint density at radius 2 is 2.08 bits per heavy atom. The average Bonchev–Trinajstić information content (AvgIpc) is 3.16. The molecule has 1 fully saturated rings. The molecule has 0 spiro atoms. The summed E-state index contributed by atoms with van der Waals surface area (Å²) in [6.45, 7) is 3.87. The molecule has 3 rings (SSSR count). The van der Waals surface area contributed by atoms with Crippen LogP contribution in [0.4, 0.5) is 11.4 Å². The first kappa shape index (κ1) is 17.0. The number of ether oxygens (including phenoxy) is 1. The molecule has 25 heavy (non-hydrogen) atoms. The second-order valence-electron chi connectivity index (χ2n) is 5.95. The second kappa shape index (κ2) is 7.38. The van der Waals surface area contributed by atoms with Crippen molar-refractivity contribution in [3.8, 4) is 5.75 Å². The van der Waals surface area contributed by atoms with Crippen LogP contribution in [-0.2, 0) is 7.05 Å². The van der Waals surface area contributed by atoms with E-state index in [0.717, 1.165) is 25.9 Å². The van der Waals surface area contributed by atoms with E-state index < -0.39 is 0 Å². The lowest BCUT2D eigenvalue weighted by Crippen LogP contribution is -2.27. The monoisotopic (exact) mass is 342 g/mol. The highest BCUT2D eigenvalue weighted by Crippen LogP contribution is 2.24. The maximum atomic E-state index is 12.5. The lowest BCUT2D eigenvalue weighted by Gasteiger charge is -2.16. The number of amides is 1. The van der Waals surface area contributed by atoms with Gasteiger partial charge in [-0.15, -0.1) is 0 Å². The first-order valence-electron chi connectivity index (χ1n) is 8.45. The van der Waals surface area contributed by atoms with Crippen molar-refractivity contribution in [3.05, 3.63) is 46.4 Å². The van der Waals surface area contributed by atoms with Gasteiger partial charge in [-0.2, -0.15) is 5.10 Å². The summed E-state index contributed by atoms with van der Waals surface area (Å²) in [6.07, 6.45) is 3.61. The highest BCUT2D eigenvalue weighted by molar-refractivity contribution is 5.95. The lowest BCUT2D eigenvalue weighted by molar-refractivity contribution is 0.0793. The Bertz CT molecular complexity index is 825. The minimum Gasteiger partial charge on any atom is -0.490 e. The number of likely N-dealkylation sites (tertiary alicyclic amines) is 1. The van der Waals surface area contributed by atoms with E-state index in [0.29, 0.717) is 29.3 Å². The van der Waals surface area contributed by atoms with Crippen molar-refractivity contribution in [2.24, 2.45) is 7.05 Å². The summed E-state index contributed by atoms with van der Waals surface area (Å²) in [6, 6.07) is 7.17. The normalized spacial score (nSPS) is 13.8. The molecule has 7 heteroatoms. The molecule has 0 unspecified atom stereocenters. The van der Waals surface area contributed by atoms with Crippen molar-refractivity contribution in [3.63, 3.8) is 0 Å². The molecule has 0 radical (unpaired) electrons. The third kappa shape index (κ3) is 3.65. The molecule has 0 saturated carbocycles. The predicted molar refractivity (Wildman–Crippen MR) is 95.5 cm³/mol. The molecule has 132 valence electrons. The van der Waals surface area contributed by atoms with Gasteiger partial charge in [0.2, 0.25) is 0 Å². The van der Waals surface area contributed by atoms with Crippen LogP contribution in [0, 0.1) is 0 Å². The first-order chi connectivity index (χ1) is 12.1. The zero-order chi connectivity index (χ0) is 17.8. The van der Waals surface area contributed by atoms with Gasteiger partial charge in [0.15, 0.2) is 11.4 Å². The molecule has 0 aliphatic carbocycles. The third-order valence-electron chi connectivity index (χ3n) is 4.17. The topological polar surface area (TPSA) is 76.5 Å². The van der Waals surface area contributed by atoms with E-state index in [4.69, 9.17) is 4.74 Å². The summed E-state index contributed by atoms with van der Waals surface area (Å²) in [5.41, 5.74) is 1.29. The first-order valence-corrected chi connectivity index (χ1v) is 8.45. The van der Waals surface area contributed by atoms with E-state index >= 15 is 0 Å². The molecule has 2 heterocycles. The molecule has 7 nitrogen and oxygen atoms in total. The van der Waals surface area contributed by atoms with Gasteiger partial charge < -0.3 is 15.0 Å². The van der Waals surface area contributed by atoms with Gasteiger partial charge in [0, 0.05) is 31.4 Å². The maximum absolute atomic E-state index is 12.5. The van der Waals surface area contributed by atoms with E-state index in [2.05, 4.69) is 10.4 Å². The highest BCUT2D eigenvalue weighted by Gasteiger charge is 2.20. The number of hydrogen-bond donors (Lipinski definition) is 1. The molecule has 2 aromatic rings. The van der Waals surface area contributed by atoms with Crippen molar-refractivity contribution in [1.82, 2.24) is 14.7 Å². The van der Waals surface area contributed by atoms with Crippen molar-refractivity contribution >= 4 is 17.3 Å². The summed E-state index contributed by atoms with van der Waals surface area (Å²) < 4.78 is 6.73. The van der Waals surface area contributed by atoms with Gasteiger partial charge in [-0.3, -0.25) is 9.59 Å². The number of carbonyl (C=O) groups excluding carboxylic acids is 1. The molecular formula is C18H22N4O3. The second-order valence-corrected chi connectivity index (χ2v) is 5.95. The Labute approximate surface area is 146 Å². The molecule has 0 atom stereocenters. The van der Waals surface area contributed by atoms with E-state index in [1.165, 1.54) is 10.9 Å². The number of aryl methyl sites for hydroxylation is 1. The van der Waals surface area contributed by atoms with Crippen molar-refractivity contribution in [2.75, 3.05) is 25.0 Å². The van der Waals surface area contributed by atoms with Crippen LogP contribution in [0.5, 0.6) is 5.75 Å². The number of anilines is 2. The lowest BCUT2D eigenvalue weighted by atomic mass is 10.1. The maximum Gasteiger partial charge on any atom is 0.294 e. The number of carbonyl (C=O) groups is 1. The Balaban J connectivity index is 1.89. The Morgan fingerprint density at radius 3 is 2.80 bits per heavy atom. The summed E-state index contributed by atoms with van der Waals surface area (Å²) in [7, 11) is 1.58. The molecule has 1 N–H and O–H groups in total. The van der Waals surface area contributed by atoms with Crippen molar-refractivity contribution in [1.29, 1.82) is 0 Å². The van der Waals surface area contributed by atoms with E-state index in [-0.39, 0.29) is 11.5 Å². The largest absolute Gasteiger partial charge is 0.490 e. The van der Waals surface area contributed by atoms with E-state index in [1.54, 1.807) is 25.2 Å². The Morgan fingerprint density at radius 1 is 1.32 bits per heavy atom. The molecule has 0 bridgehead atoms. The van der Waals surface area contributed by atoms with Crippen molar-refractivity contribution < 1.29 is 9.53 Å². The average molecular weight is 342 g/mol. The summed E-state index contributed by atoms with van der Waals surface area (Å²) in [4.78, 5) is 26.8. The molecule has 1 aliphatic heterocycles. The molecule has 1 aromatic carbocycles. The summed E-state index contributed by atoms with van der Waals surface area (Å²) in [5.74, 6) is 0.413. The minimum absolute atomic E-state index is 0.0220. The van der Waals surface area contributed by atoms with E-state index in [9.17, 15) is 9.59 Å². The van der Waals surface area contributed by atoms with Crippen LogP contribution in [0.2, 0.25) is 0 Å². The number of hydrogen-bond acceptors (Lipinski definition) is 5. The number of benzene rings is 1. The number of rotatable bonds is 5. The van der Waals surface area contributed by atoms with Crippen LogP contribution < -0.4 is 15.6 Å². The van der Waals surface area contributed by atoms with Crippen LogP contribution in [0.1, 0.15) is 30.1 Å². The van der Waals surface area contributed by atoms with Gasteiger partial charge >= 0.3 is 0 Å². The molecule has 1 aliphatic rings. The van der Waals surface area contributed by atoms with Gasteiger partial charge in [0.1, 0.15) is 0 Å². The minimum atomic E-state index is -0.290. The predicted octanol–water partition coefficient (Wildman–Crippen LogP) is 2.16. The summed E-state index contributed by atoms with van der Waals surface area (Å²) in [5, 5.41) is 7.06. The fourth-order valence-electron chi connectivity index (χ4n) is 2.88. The van der Waals surface area contributed by atoms with Crippen molar-refractivity contribution in [2.45, 2.75) is 19.8 Å². The highest BCUT2D eigenvalue weighted by atomic mass is 16.5. The fourth-order valence-corrected chi connectivity index (χ4v) is 2.88. The quantitative estimate of drug-likeness (QED) is 0.901. The Hall–Kier alpha value is -2.83. The summed E-state index contributed by atoms with van der Waals surface area (Å²) >= 11 is 0. The third-order valence-corrected chi connectivity index (χ3v) is 4.17. The zero-order valence-electron chi connectivity index (χ0n) is 14.5. The van der Waals surface area contributed by atoms with Crippen LogP contribution in [0.25, 0.3) is 0 Å². The fraction of sp³-hybridized carbons (Fsp3) is 0.389. The van der Waals surface area contributed by atoms with Gasteiger partial charge in [0.05, 0.1) is 12.8 Å². The van der Waals surface area contributed by atoms with Crippen LogP contribution >= 0.6 is 0 Å². The smallest absolute Gasteiger partial charge is 0.294 e. The van der Waals surface area contributed by atoms with Crippen LogP contribution in [0.3, 0.4) is 0 Å². The Kier molecular flexibility index (Phi) is 5.02. The number of aromatic nitrogens is 2. The number of nitrogens with one attached hydrogen (secondary N) is 1. The van der Waals surface area contributed by atoms with E-state index in [1.807, 2.05) is 17.9 Å². The molecule has 1 saturated heterocycles.